The standard InChI is InChI=1S/C18H22N6O4S/c1-12-15(17-19-6-4-9-24(17)20-12)18(25)22-7-5-8-23(11-10-22)29(26,27)16-13(2)21-28-14(16)3/h4,6,9H,5,7-8,10-11H2,1-3H3. The van der Waals surface area contributed by atoms with Gasteiger partial charge in [-0.15, -0.1) is 0 Å². The van der Waals surface area contributed by atoms with Crippen molar-refractivity contribution in [2.45, 2.75) is 32.1 Å². The van der Waals surface area contributed by atoms with Crippen molar-refractivity contribution in [3.63, 3.8) is 0 Å². The maximum absolute atomic E-state index is 13.2. The number of hydrogen-bond donors (Lipinski definition) is 0. The van der Waals surface area contributed by atoms with E-state index in [1.165, 1.54) is 4.31 Å². The Labute approximate surface area is 168 Å². The lowest BCUT2D eigenvalue weighted by Gasteiger charge is -2.21. The van der Waals surface area contributed by atoms with Crippen LogP contribution in [-0.2, 0) is 10.0 Å². The minimum atomic E-state index is -3.74. The van der Waals surface area contributed by atoms with Gasteiger partial charge in [0.15, 0.2) is 11.4 Å². The monoisotopic (exact) mass is 418 g/mol. The van der Waals surface area contributed by atoms with Crippen molar-refractivity contribution in [3.05, 3.63) is 41.2 Å². The van der Waals surface area contributed by atoms with Gasteiger partial charge in [-0.3, -0.25) is 4.79 Å². The van der Waals surface area contributed by atoms with Crippen molar-refractivity contribution < 1.29 is 17.7 Å². The first kappa shape index (κ1) is 19.5. The van der Waals surface area contributed by atoms with E-state index in [-0.39, 0.29) is 29.7 Å². The molecule has 11 heteroatoms. The molecule has 1 amide bonds. The fourth-order valence-corrected chi connectivity index (χ4v) is 5.48. The summed E-state index contributed by atoms with van der Waals surface area (Å²) < 4.78 is 34.2. The van der Waals surface area contributed by atoms with Crippen LogP contribution in [0.2, 0.25) is 0 Å². The molecular formula is C18H22N6O4S. The Balaban J connectivity index is 1.58. The number of fused-ring (bicyclic) bond motifs is 1. The Morgan fingerprint density at radius 1 is 1.10 bits per heavy atom. The summed E-state index contributed by atoms with van der Waals surface area (Å²) in [5.41, 5.74) is 1.89. The van der Waals surface area contributed by atoms with Crippen LogP contribution in [0, 0.1) is 20.8 Å². The summed E-state index contributed by atoms with van der Waals surface area (Å²) in [5.74, 6) is 0.0838. The predicted octanol–water partition coefficient (Wildman–Crippen LogP) is 1.18. The van der Waals surface area contributed by atoms with Crippen LogP contribution in [0.3, 0.4) is 0 Å². The second kappa shape index (κ2) is 7.23. The molecule has 3 aromatic rings. The van der Waals surface area contributed by atoms with Crippen molar-refractivity contribution in [2.75, 3.05) is 26.2 Å². The molecule has 1 aliphatic heterocycles. The molecule has 1 aliphatic rings. The van der Waals surface area contributed by atoms with Crippen LogP contribution in [0.5, 0.6) is 0 Å². The largest absolute Gasteiger partial charge is 0.360 e. The average Bonchev–Trinajstić information content (AvgIpc) is 3.07. The number of amides is 1. The Morgan fingerprint density at radius 3 is 2.62 bits per heavy atom. The smallest absolute Gasteiger partial charge is 0.259 e. The second-order valence-electron chi connectivity index (χ2n) is 7.05. The van der Waals surface area contributed by atoms with Crippen LogP contribution in [0.4, 0.5) is 0 Å². The van der Waals surface area contributed by atoms with E-state index in [1.807, 2.05) is 0 Å². The minimum Gasteiger partial charge on any atom is -0.360 e. The highest BCUT2D eigenvalue weighted by Gasteiger charge is 2.33. The normalized spacial score (nSPS) is 16.3. The zero-order valence-corrected chi connectivity index (χ0v) is 17.3. The molecule has 29 heavy (non-hydrogen) atoms. The summed E-state index contributed by atoms with van der Waals surface area (Å²) >= 11 is 0. The molecule has 0 saturated carbocycles. The molecule has 0 spiro atoms. The van der Waals surface area contributed by atoms with Crippen LogP contribution in [0.1, 0.15) is 33.9 Å². The number of nitrogens with zero attached hydrogens (tertiary/aromatic N) is 6. The van der Waals surface area contributed by atoms with Crippen LogP contribution >= 0.6 is 0 Å². The molecule has 1 fully saturated rings. The number of aryl methyl sites for hydroxylation is 3. The third-order valence-corrected chi connectivity index (χ3v) is 7.24. The Morgan fingerprint density at radius 2 is 1.90 bits per heavy atom. The van der Waals surface area contributed by atoms with Crippen LogP contribution in [0.25, 0.3) is 5.65 Å². The average molecular weight is 418 g/mol. The molecule has 0 atom stereocenters. The van der Waals surface area contributed by atoms with Crippen molar-refractivity contribution in [3.8, 4) is 0 Å². The van der Waals surface area contributed by atoms with Gasteiger partial charge in [-0.1, -0.05) is 5.16 Å². The molecule has 154 valence electrons. The summed E-state index contributed by atoms with van der Waals surface area (Å²) in [4.78, 5) is 19.2. The lowest BCUT2D eigenvalue weighted by atomic mass is 10.2. The number of carbonyl (C=O) groups excluding carboxylic acids is 1. The van der Waals surface area contributed by atoms with Crippen LogP contribution < -0.4 is 0 Å². The fraction of sp³-hybridized carbons (Fsp3) is 0.444. The van der Waals surface area contributed by atoms with E-state index in [0.29, 0.717) is 42.1 Å². The highest BCUT2D eigenvalue weighted by molar-refractivity contribution is 7.89. The van der Waals surface area contributed by atoms with Gasteiger partial charge in [0.05, 0.1) is 5.69 Å². The van der Waals surface area contributed by atoms with Gasteiger partial charge < -0.3 is 9.42 Å². The van der Waals surface area contributed by atoms with E-state index >= 15 is 0 Å². The van der Waals surface area contributed by atoms with Crippen molar-refractivity contribution >= 4 is 21.6 Å². The molecule has 3 aromatic heterocycles. The Hall–Kier alpha value is -2.79. The lowest BCUT2D eigenvalue weighted by molar-refractivity contribution is 0.0765. The molecule has 10 nitrogen and oxygen atoms in total. The maximum atomic E-state index is 13.2. The first-order valence-electron chi connectivity index (χ1n) is 9.33. The van der Waals surface area contributed by atoms with Crippen molar-refractivity contribution in [2.24, 2.45) is 0 Å². The van der Waals surface area contributed by atoms with Gasteiger partial charge in [0.1, 0.15) is 16.2 Å². The zero-order valence-electron chi connectivity index (χ0n) is 16.5. The maximum Gasteiger partial charge on any atom is 0.259 e. The second-order valence-corrected chi connectivity index (χ2v) is 8.93. The number of aromatic nitrogens is 4. The molecule has 0 aliphatic carbocycles. The van der Waals surface area contributed by atoms with Gasteiger partial charge in [-0.05, 0) is 33.3 Å². The number of hydrogen-bond acceptors (Lipinski definition) is 7. The highest BCUT2D eigenvalue weighted by Crippen LogP contribution is 2.25. The van der Waals surface area contributed by atoms with E-state index in [0.717, 1.165) is 0 Å². The Kier molecular flexibility index (Phi) is 4.87. The SMILES string of the molecule is Cc1noc(C)c1S(=O)(=O)N1CCCN(C(=O)c2c(C)nn3cccnc23)CC1. The number of rotatable bonds is 3. The van der Waals surface area contributed by atoms with Gasteiger partial charge in [0.25, 0.3) is 5.91 Å². The number of carbonyl (C=O) groups is 1. The van der Waals surface area contributed by atoms with Gasteiger partial charge in [0, 0.05) is 38.6 Å². The third-order valence-electron chi connectivity index (χ3n) is 5.09. The Bertz CT molecular complexity index is 1160. The van der Waals surface area contributed by atoms with E-state index in [1.54, 1.807) is 48.6 Å². The zero-order chi connectivity index (χ0) is 20.8. The van der Waals surface area contributed by atoms with Crippen molar-refractivity contribution in [1.29, 1.82) is 0 Å². The molecular weight excluding hydrogens is 396 g/mol. The fourth-order valence-electron chi connectivity index (χ4n) is 3.71. The lowest BCUT2D eigenvalue weighted by Crippen LogP contribution is -2.37. The number of sulfonamides is 1. The molecule has 1 saturated heterocycles. The topological polar surface area (TPSA) is 114 Å². The summed E-state index contributed by atoms with van der Waals surface area (Å²) in [6.45, 7) is 6.22. The van der Waals surface area contributed by atoms with Crippen molar-refractivity contribution in [1.82, 2.24) is 29.0 Å². The van der Waals surface area contributed by atoms with Gasteiger partial charge in [-0.2, -0.15) is 9.40 Å². The molecule has 0 radical (unpaired) electrons. The van der Waals surface area contributed by atoms with Crippen LogP contribution in [-0.4, -0.2) is 69.5 Å². The molecule has 4 heterocycles. The summed E-state index contributed by atoms with van der Waals surface area (Å²) in [5, 5.41) is 8.10. The van der Waals surface area contributed by atoms with Gasteiger partial charge in [-0.25, -0.2) is 17.9 Å². The highest BCUT2D eigenvalue weighted by atomic mass is 32.2. The first-order chi connectivity index (χ1) is 13.8. The molecule has 0 bridgehead atoms. The van der Waals surface area contributed by atoms with E-state index < -0.39 is 10.0 Å². The summed E-state index contributed by atoms with van der Waals surface area (Å²) in [6, 6.07) is 1.75. The van der Waals surface area contributed by atoms with E-state index in [2.05, 4.69) is 15.2 Å². The first-order valence-corrected chi connectivity index (χ1v) is 10.8. The minimum absolute atomic E-state index is 0.111. The quantitative estimate of drug-likeness (QED) is 0.627. The van der Waals surface area contributed by atoms with Crippen LogP contribution in [0.15, 0.2) is 27.9 Å². The molecule has 0 unspecified atom stereocenters. The van der Waals surface area contributed by atoms with E-state index in [9.17, 15) is 13.2 Å². The molecule has 0 aromatic carbocycles. The molecule has 0 N–H and O–H groups in total. The summed E-state index contributed by atoms with van der Waals surface area (Å²) in [7, 11) is -3.74. The van der Waals surface area contributed by atoms with Gasteiger partial charge in [0.2, 0.25) is 10.0 Å². The van der Waals surface area contributed by atoms with E-state index in [4.69, 9.17) is 4.52 Å². The molecule has 4 rings (SSSR count). The summed E-state index contributed by atoms with van der Waals surface area (Å²) in [6.07, 6.45) is 3.89. The predicted molar refractivity (Wildman–Crippen MR) is 103 cm³/mol. The third kappa shape index (κ3) is 3.29. The van der Waals surface area contributed by atoms with Gasteiger partial charge >= 0.3 is 0 Å².